The van der Waals surface area contributed by atoms with Gasteiger partial charge in [-0.2, -0.15) is 0 Å². The van der Waals surface area contributed by atoms with E-state index in [9.17, 15) is 0 Å². The highest BCUT2D eigenvalue weighted by Crippen LogP contribution is 2.24. The summed E-state index contributed by atoms with van der Waals surface area (Å²) in [4.78, 5) is 2.48. The number of nitrogens with zero attached hydrogens (tertiary/aromatic N) is 1. The van der Waals surface area contributed by atoms with Crippen molar-refractivity contribution in [3.8, 4) is 0 Å². The number of anilines is 1. The van der Waals surface area contributed by atoms with Gasteiger partial charge in [0.05, 0.1) is 0 Å². The van der Waals surface area contributed by atoms with E-state index in [1.54, 1.807) is 0 Å². The summed E-state index contributed by atoms with van der Waals surface area (Å²) in [5, 5.41) is 0. The number of benzene rings is 2. The Morgan fingerprint density at radius 1 is 0.947 bits per heavy atom. The molecule has 0 spiro atoms. The summed E-state index contributed by atoms with van der Waals surface area (Å²) in [5.41, 5.74) is 5.80. The van der Waals surface area contributed by atoms with Crippen LogP contribution in [0.15, 0.2) is 48.5 Å². The number of hydrogen-bond acceptors (Lipinski definition) is 1. The largest absolute Gasteiger partial charge is 0.367 e. The Balaban J connectivity index is 1.77. The molecule has 0 atom stereocenters. The Morgan fingerprint density at radius 2 is 1.68 bits per heavy atom. The maximum Gasteiger partial charge on any atom is 0.0432 e. The second kappa shape index (κ2) is 5.48. The van der Waals surface area contributed by atoms with Crippen LogP contribution in [-0.4, -0.2) is 6.54 Å². The fourth-order valence-electron chi connectivity index (χ4n) is 2.88. The molecule has 0 unspecified atom stereocenters. The van der Waals surface area contributed by atoms with Gasteiger partial charge in [0.1, 0.15) is 0 Å². The lowest BCUT2D eigenvalue weighted by Gasteiger charge is -2.30. The molecular weight excluding hydrogens is 230 g/mol. The fraction of sp³-hybridized carbons (Fsp3) is 0.333. The minimum atomic E-state index is 1.04. The van der Waals surface area contributed by atoms with Crippen LogP contribution in [0.3, 0.4) is 0 Å². The van der Waals surface area contributed by atoms with E-state index >= 15 is 0 Å². The van der Waals surface area contributed by atoms with Crippen LogP contribution in [0.5, 0.6) is 0 Å². The molecule has 98 valence electrons. The summed E-state index contributed by atoms with van der Waals surface area (Å²) in [6.07, 6.45) is 3.56. The molecule has 0 amide bonds. The van der Waals surface area contributed by atoms with Gasteiger partial charge in [-0.15, -0.1) is 0 Å². The predicted molar refractivity (Wildman–Crippen MR) is 81.6 cm³/mol. The van der Waals surface area contributed by atoms with Crippen LogP contribution in [0, 0.1) is 0 Å². The van der Waals surface area contributed by atoms with Gasteiger partial charge < -0.3 is 4.90 Å². The van der Waals surface area contributed by atoms with Crippen molar-refractivity contribution >= 4 is 5.69 Å². The van der Waals surface area contributed by atoms with Crippen LogP contribution >= 0.6 is 0 Å². The molecule has 2 aromatic rings. The zero-order valence-electron chi connectivity index (χ0n) is 11.6. The molecule has 0 bridgehead atoms. The molecule has 1 aliphatic heterocycles. The van der Waals surface area contributed by atoms with E-state index in [1.807, 2.05) is 0 Å². The van der Waals surface area contributed by atoms with Gasteiger partial charge in [0.15, 0.2) is 0 Å². The number of fused-ring (bicyclic) bond motifs is 1. The van der Waals surface area contributed by atoms with Crippen LogP contribution in [0.25, 0.3) is 0 Å². The highest BCUT2D eigenvalue weighted by atomic mass is 15.1. The van der Waals surface area contributed by atoms with Crippen molar-refractivity contribution in [2.24, 2.45) is 0 Å². The zero-order chi connectivity index (χ0) is 13.1. The first-order valence-corrected chi connectivity index (χ1v) is 7.27. The molecule has 0 N–H and O–H groups in total. The summed E-state index contributed by atoms with van der Waals surface area (Å²) in [6, 6.07) is 17.9. The lowest BCUT2D eigenvalue weighted by molar-refractivity contribution is 0.731. The average Bonchev–Trinajstić information content (AvgIpc) is 2.48. The number of hydrogen-bond donors (Lipinski definition) is 0. The average molecular weight is 251 g/mol. The minimum Gasteiger partial charge on any atom is -0.367 e. The van der Waals surface area contributed by atoms with Gasteiger partial charge in [0.25, 0.3) is 0 Å². The molecule has 1 aliphatic rings. The standard InChI is InChI=1S/C18H21N/c1-2-5-15-8-10-18(11-9-15)19-13-12-16-6-3-4-7-17(16)14-19/h3-4,6-11H,2,5,12-14H2,1H3. The molecule has 0 saturated heterocycles. The Kier molecular flexibility index (Phi) is 3.54. The summed E-state index contributed by atoms with van der Waals surface area (Å²) in [6.45, 7) is 4.41. The fourth-order valence-corrected chi connectivity index (χ4v) is 2.88. The lowest BCUT2D eigenvalue weighted by atomic mass is 9.99. The summed E-state index contributed by atoms with van der Waals surface area (Å²) in [7, 11) is 0. The van der Waals surface area contributed by atoms with Gasteiger partial charge in [-0.25, -0.2) is 0 Å². The van der Waals surface area contributed by atoms with Crippen LogP contribution in [-0.2, 0) is 19.4 Å². The monoisotopic (exact) mass is 251 g/mol. The van der Waals surface area contributed by atoms with Gasteiger partial charge in [0, 0.05) is 18.8 Å². The van der Waals surface area contributed by atoms with Gasteiger partial charge in [-0.3, -0.25) is 0 Å². The first kappa shape index (κ1) is 12.3. The van der Waals surface area contributed by atoms with Crippen LogP contribution in [0.2, 0.25) is 0 Å². The molecule has 1 heterocycles. The summed E-state index contributed by atoms with van der Waals surface area (Å²) in [5.74, 6) is 0. The van der Waals surface area contributed by atoms with Gasteiger partial charge >= 0.3 is 0 Å². The zero-order valence-corrected chi connectivity index (χ0v) is 11.6. The topological polar surface area (TPSA) is 3.24 Å². The van der Waals surface area contributed by atoms with E-state index in [1.165, 1.54) is 35.2 Å². The molecule has 0 fully saturated rings. The van der Waals surface area contributed by atoms with E-state index in [-0.39, 0.29) is 0 Å². The van der Waals surface area contributed by atoms with E-state index in [2.05, 4.69) is 60.4 Å². The molecule has 1 nitrogen and oxygen atoms in total. The smallest absolute Gasteiger partial charge is 0.0432 e. The molecule has 0 aliphatic carbocycles. The SMILES string of the molecule is CCCc1ccc(N2CCc3ccccc3C2)cc1. The van der Waals surface area contributed by atoms with Crippen LogP contribution < -0.4 is 4.90 Å². The quantitative estimate of drug-likeness (QED) is 0.790. The van der Waals surface area contributed by atoms with E-state index < -0.39 is 0 Å². The second-order valence-corrected chi connectivity index (χ2v) is 5.36. The van der Waals surface area contributed by atoms with Crippen molar-refractivity contribution in [2.75, 3.05) is 11.4 Å². The highest BCUT2D eigenvalue weighted by molar-refractivity contribution is 5.50. The van der Waals surface area contributed by atoms with Gasteiger partial charge in [-0.05, 0) is 41.7 Å². The van der Waals surface area contributed by atoms with Crippen molar-refractivity contribution in [2.45, 2.75) is 32.7 Å². The second-order valence-electron chi connectivity index (χ2n) is 5.36. The van der Waals surface area contributed by atoms with E-state index in [0.29, 0.717) is 0 Å². The predicted octanol–water partition coefficient (Wildman–Crippen LogP) is 4.20. The first-order chi connectivity index (χ1) is 9.36. The molecule has 0 saturated carbocycles. The lowest BCUT2D eigenvalue weighted by Crippen LogP contribution is -2.30. The van der Waals surface area contributed by atoms with Crippen LogP contribution in [0.4, 0.5) is 5.69 Å². The van der Waals surface area contributed by atoms with Gasteiger partial charge in [0.2, 0.25) is 0 Å². The van der Waals surface area contributed by atoms with Crippen molar-refractivity contribution in [3.05, 3.63) is 65.2 Å². The van der Waals surface area contributed by atoms with E-state index in [4.69, 9.17) is 0 Å². The minimum absolute atomic E-state index is 1.04. The molecule has 2 aromatic carbocycles. The Labute approximate surface area is 115 Å². The Morgan fingerprint density at radius 3 is 2.42 bits per heavy atom. The maximum absolute atomic E-state index is 2.48. The molecular formula is C18H21N. The van der Waals surface area contributed by atoms with Crippen molar-refractivity contribution in [3.63, 3.8) is 0 Å². The van der Waals surface area contributed by atoms with Crippen molar-refractivity contribution in [1.29, 1.82) is 0 Å². The number of aryl methyl sites for hydroxylation is 1. The molecule has 1 heteroatoms. The third kappa shape index (κ3) is 2.65. The van der Waals surface area contributed by atoms with Gasteiger partial charge in [-0.1, -0.05) is 49.7 Å². The number of rotatable bonds is 3. The normalized spacial score (nSPS) is 14.3. The molecule has 0 radical (unpaired) electrons. The first-order valence-electron chi connectivity index (χ1n) is 7.27. The molecule has 3 rings (SSSR count). The molecule has 0 aromatic heterocycles. The van der Waals surface area contributed by atoms with E-state index in [0.717, 1.165) is 19.5 Å². The Bertz CT molecular complexity index is 542. The Hall–Kier alpha value is -1.76. The third-order valence-corrected chi connectivity index (χ3v) is 3.97. The van der Waals surface area contributed by atoms with Crippen LogP contribution in [0.1, 0.15) is 30.0 Å². The highest BCUT2D eigenvalue weighted by Gasteiger charge is 2.15. The maximum atomic E-state index is 2.48. The summed E-state index contributed by atoms with van der Waals surface area (Å²) < 4.78 is 0. The molecule has 19 heavy (non-hydrogen) atoms. The van der Waals surface area contributed by atoms with Crippen molar-refractivity contribution in [1.82, 2.24) is 0 Å². The summed E-state index contributed by atoms with van der Waals surface area (Å²) >= 11 is 0. The third-order valence-electron chi connectivity index (χ3n) is 3.97. The van der Waals surface area contributed by atoms with Crippen molar-refractivity contribution < 1.29 is 0 Å².